The Morgan fingerprint density at radius 3 is 2.00 bits per heavy atom. The van der Waals surface area contributed by atoms with Crippen LogP contribution in [0.3, 0.4) is 0 Å². The third-order valence-electron chi connectivity index (χ3n) is 0.496. The monoisotopic (exact) mass is 85.1 g/mol. The van der Waals surface area contributed by atoms with Crippen LogP contribution in [0.5, 0.6) is 0 Å². The van der Waals surface area contributed by atoms with Crippen LogP contribution in [0, 0.1) is 5.92 Å². The van der Waals surface area contributed by atoms with Crippen LogP contribution in [0.25, 0.3) is 0 Å². The molecule has 0 aromatic carbocycles. The van der Waals surface area contributed by atoms with Crippen molar-refractivity contribution in [1.82, 2.24) is 0 Å². The summed E-state index contributed by atoms with van der Waals surface area (Å²) in [4.78, 5) is 0. The molecule has 0 atom stereocenters. The van der Waals surface area contributed by atoms with Gasteiger partial charge in [0.1, 0.15) is 0 Å². The molecule has 6 heavy (non-hydrogen) atoms. The van der Waals surface area contributed by atoms with E-state index in [1.165, 1.54) is 0 Å². The first-order valence-corrected chi connectivity index (χ1v) is 2.15. The van der Waals surface area contributed by atoms with Gasteiger partial charge in [-0.3, -0.25) is 0 Å². The Balaban J connectivity index is 3.03. The smallest absolute Gasteiger partial charge is 0.0100 e. The minimum atomic E-state index is 0.593. The Hall–Kier alpha value is -0.460. The van der Waals surface area contributed by atoms with Gasteiger partial charge in [0, 0.05) is 0 Å². The van der Waals surface area contributed by atoms with Gasteiger partial charge in [0.25, 0.3) is 0 Å². The molecular formula is C5H11N. The molecular weight excluding hydrogens is 74.1 g/mol. The molecule has 36 valence electrons. The van der Waals surface area contributed by atoms with Gasteiger partial charge in [-0.15, -0.1) is 0 Å². The first-order chi connectivity index (χ1) is 2.77. The van der Waals surface area contributed by atoms with Gasteiger partial charge in [0.2, 0.25) is 0 Å². The van der Waals surface area contributed by atoms with E-state index in [0.717, 1.165) is 0 Å². The van der Waals surface area contributed by atoms with Crippen LogP contribution in [0.1, 0.15) is 13.8 Å². The molecule has 0 spiro atoms. The highest BCUT2D eigenvalue weighted by Gasteiger charge is 1.76. The van der Waals surface area contributed by atoms with Gasteiger partial charge < -0.3 is 5.73 Å². The summed E-state index contributed by atoms with van der Waals surface area (Å²) in [6.07, 6.45) is 3.52. The summed E-state index contributed by atoms with van der Waals surface area (Å²) in [5.74, 6) is 0.593. The maximum absolute atomic E-state index is 5.05. The van der Waals surface area contributed by atoms with Crippen molar-refractivity contribution in [2.75, 3.05) is 0 Å². The van der Waals surface area contributed by atoms with Gasteiger partial charge in [-0.1, -0.05) is 19.9 Å². The highest BCUT2D eigenvalue weighted by Crippen LogP contribution is 1.88. The normalized spacial score (nSPS) is 11.2. The zero-order valence-electron chi connectivity index (χ0n) is 4.31. The molecule has 0 radical (unpaired) electrons. The quantitative estimate of drug-likeness (QED) is 0.507. The first-order valence-electron chi connectivity index (χ1n) is 2.15. The maximum atomic E-state index is 5.05. The SMILES string of the molecule is CC(C)/C=C\N. The fourth-order valence-electron chi connectivity index (χ4n) is 0.222. The summed E-state index contributed by atoms with van der Waals surface area (Å²) in [6.45, 7) is 4.17. The summed E-state index contributed by atoms with van der Waals surface area (Å²) < 4.78 is 0. The highest BCUT2D eigenvalue weighted by molar-refractivity contribution is 4.78. The molecule has 0 aromatic rings. The van der Waals surface area contributed by atoms with Crippen molar-refractivity contribution < 1.29 is 0 Å². The fourth-order valence-corrected chi connectivity index (χ4v) is 0.222. The summed E-state index contributed by atoms with van der Waals surface area (Å²) in [7, 11) is 0. The zero-order valence-corrected chi connectivity index (χ0v) is 4.31. The second-order valence-electron chi connectivity index (χ2n) is 1.63. The molecule has 0 aliphatic carbocycles. The van der Waals surface area contributed by atoms with Crippen LogP contribution in [0.2, 0.25) is 0 Å². The Morgan fingerprint density at radius 2 is 2.00 bits per heavy atom. The van der Waals surface area contributed by atoms with Crippen LogP contribution >= 0.6 is 0 Å². The molecule has 0 rings (SSSR count). The van der Waals surface area contributed by atoms with Crippen molar-refractivity contribution in [2.45, 2.75) is 13.8 Å². The third-order valence-corrected chi connectivity index (χ3v) is 0.496. The summed E-state index contributed by atoms with van der Waals surface area (Å²) in [6, 6.07) is 0. The molecule has 1 nitrogen and oxygen atoms in total. The van der Waals surface area contributed by atoms with Gasteiger partial charge in [0.15, 0.2) is 0 Å². The molecule has 0 aliphatic rings. The minimum absolute atomic E-state index is 0.593. The molecule has 0 bridgehead atoms. The summed E-state index contributed by atoms with van der Waals surface area (Å²) in [5.41, 5.74) is 5.05. The average Bonchev–Trinajstić information content (AvgIpc) is 1.35. The molecule has 0 amide bonds. The predicted molar refractivity (Wildman–Crippen MR) is 28.2 cm³/mol. The topological polar surface area (TPSA) is 26.0 Å². The van der Waals surface area contributed by atoms with Crippen LogP contribution in [-0.2, 0) is 0 Å². The lowest BCUT2D eigenvalue weighted by Crippen LogP contribution is -1.81. The average molecular weight is 85.2 g/mol. The van der Waals surface area contributed by atoms with E-state index in [1.807, 2.05) is 6.08 Å². The molecule has 1 heteroatoms. The second-order valence-corrected chi connectivity index (χ2v) is 1.63. The molecule has 0 aromatic heterocycles. The standard InChI is InChI=1S/C5H11N/c1-5(2)3-4-6/h3-5H,6H2,1-2H3/b4-3-. The lowest BCUT2D eigenvalue weighted by atomic mass is 10.2. The van der Waals surface area contributed by atoms with E-state index in [2.05, 4.69) is 13.8 Å². The molecule has 0 saturated carbocycles. The van der Waals surface area contributed by atoms with Gasteiger partial charge >= 0.3 is 0 Å². The van der Waals surface area contributed by atoms with Crippen molar-refractivity contribution >= 4 is 0 Å². The Labute approximate surface area is 38.8 Å². The molecule has 0 aliphatic heterocycles. The van der Waals surface area contributed by atoms with E-state index in [-0.39, 0.29) is 0 Å². The van der Waals surface area contributed by atoms with Crippen molar-refractivity contribution in [1.29, 1.82) is 0 Å². The van der Waals surface area contributed by atoms with E-state index in [1.54, 1.807) is 6.20 Å². The van der Waals surface area contributed by atoms with Crippen LogP contribution in [0.15, 0.2) is 12.3 Å². The van der Waals surface area contributed by atoms with Gasteiger partial charge in [-0.05, 0) is 12.1 Å². The van der Waals surface area contributed by atoms with E-state index >= 15 is 0 Å². The molecule has 0 heterocycles. The minimum Gasteiger partial charge on any atom is -0.405 e. The zero-order chi connectivity index (χ0) is 4.99. The number of hydrogen-bond acceptors (Lipinski definition) is 1. The van der Waals surface area contributed by atoms with E-state index in [9.17, 15) is 0 Å². The van der Waals surface area contributed by atoms with Crippen molar-refractivity contribution in [3.05, 3.63) is 12.3 Å². The third kappa shape index (κ3) is 3.54. The second kappa shape index (κ2) is 2.76. The van der Waals surface area contributed by atoms with Gasteiger partial charge in [-0.25, -0.2) is 0 Å². The predicted octanol–water partition coefficient (Wildman–Crippen LogP) is 1.11. The lowest BCUT2D eigenvalue weighted by Gasteiger charge is -1.86. The van der Waals surface area contributed by atoms with Crippen LogP contribution < -0.4 is 5.73 Å². The Bertz CT molecular complexity index is 45.9. The van der Waals surface area contributed by atoms with Gasteiger partial charge in [0.05, 0.1) is 0 Å². The van der Waals surface area contributed by atoms with E-state index in [0.29, 0.717) is 5.92 Å². The number of rotatable bonds is 1. The van der Waals surface area contributed by atoms with E-state index in [4.69, 9.17) is 5.73 Å². The van der Waals surface area contributed by atoms with Crippen molar-refractivity contribution in [2.24, 2.45) is 11.7 Å². The number of nitrogens with two attached hydrogens (primary N) is 1. The molecule has 0 fully saturated rings. The molecule has 0 saturated heterocycles. The highest BCUT2D eigenvalue weighted by atomic mass is 14.5. The van der Waals surface area contributed by atoms with Crippen molar-refractivity contribution in [3.63, 3.8) is 0 Å². The first kappa shape index (κ1) is 5.54. The molecule has 0 unspecified atom stereocenters. The molecule has 2 N–H and O–H groups in total. The lowest BCUT2D eigenvalue weighted by molar-refractivity contribution is 0.829. The Kier molecular flexibility index (Phi) is 2.55. The van der Waals surface area contributed by atoms with Crippen molar-refractivity contribution in [3.8, 4) is 0 Å². The van der Waals surface area contributed by atoms with E-state index < -0.39 is 0 Å². The summed E-state index contributed by atoms with van der Waals surface area (Å²) in [5, 5.41) is 0. The number of hydrogen-bond donors (Lipinski definition) is 1. The largest absolute Gasteiger partial charge is 0.405 e. The summed E-state index contributed by atoms with van der Waals surface area (Å²) >= 11 is 0. The van der Waals surface area contributed by atoms with Crippen LogP contribution in [-0.4, -0.2) is 0 Å². The van der Waals surface area contributed by atoms with Crippen LogP contribution in [0.4, 0.5) is 0 Å². The maximum Gasteiger partial charge on any atom is -0.0100 e. The number of allylic oxidation sites excluding steroid dienone is 1. The fraction of sp³-hybridized carbons (Fsp3) is 0.600. The van der Waals surface area contributed by atoms with Gasteiger partial charge in [-0.2, -0.15) is 0 Å². The Morgan fingerprint density at radius 1 is 1.50 bits per heavy atom.